The molecular weight excluding hydrogens is 428 g/mol. The molecule has 9 heteroatoms. The minimum atomic E-state index is -0.644. The Morgan fingerprint density at radius 2 is 1.94 bits per heavy atom. The maximum absolute atomic E-state index is 13.4. The Bertz CT molecular complexity index is 1100. The van der Waals surface area contributed by atoms with Crippen molar-refractivity contribution >= 4 is 29.2 Å². The van der Waals surface area contributed by atoms with Gasteiger partial charge in [0.15, 0.2) is 11.0 Å². The summed E-state index contributed by atoms with van der Waals surface area (Å²) in [6, 6.07) is 6.76. The van der Waals surface area contributed by atoms with Crippen LogP contribution in [-0.2, 0) is 16.8 Å². The molecule has 0 bridgehead atoms. The van der Waals surface area contributed by atoms with E-state index in [9.17, 15) is 9.59 Å². The minimum Gasteiger partial charge on any atom is -0.384 e. The number of nitrogens with one attached hydrogen (secondary N) is 3. The van der Waals surface area contributed by atoms with Crippen LogP contribution in [0.1, 0.15) is 68.8 Å². The molecule has 1 amide bonds. The average molecular weight is 457 g/mol. The van der Waals surface area contributed by atoms with Crippen LogP contribution in [0.4, 0.5) is 5.82 Å². The standard InChI is InChI=1S/C23H29ClN6O2/c1-3-23(4-2)11-16(21(31)27-12-13-5-7-14(8-6-13)19(25)26)30-17(23)18(24)29-20(22(30)32)28-15-9-10-15/h5-8,15-16H,3-4,9-12H2,1-2H3,(H3,25,26)(H,27,31)(H,28,29)/t16-/m0/s1. The van der Waals surface area contributed by atoms with E-state index in [1.165, 1.54) is 0 Å². The monoisotopic (exact) mass is 456 g/mol. The molecule has 1 aliphatic carbocycles. The summed E-state index contributed by atoms with van der Waals surface area (Å²) >= 11 is 6.61. The van der Waals surface area contributed by atoms with Crippen molar-refractivity contribution in [3.05, 3.63) is 56.6 Å². The van der Waals surface area contributed by atoms with Crippen LogP contribution in [0.15, 0.2) is 29.1 Å². The quantitative estimate of drug-likeness (QED) is 0.358. The van der Waals surface area contributed by atoms with Gasteiger partial charge >= 0.3 is 0 Å². The van der Waals surface area contributed by atoms with Crippen molar-refractivity contribution in [3.8, 4) is 0 Å². The number of nitrogens with two attached hydrogens (primary N) is 1. The van der Waals surface area contributed by atoms with Gasteiger partial charge in [0, 0.05) is 23.6 Å². The Morgan fingerprint density at radius 3 is 2.50 bits per heavy atom. The van der Waals surface area contributed by atoms with E-state index in [4.69, 9.17) is 22.7 Å². The summed E-state index contributed by atoms with van der Waals surface area (Å²) in [4.78, 5) is 31.0. The lowest BCUT2D eigenvalue weighted by molar-refractivity contribution is -0.124. The third-order valence-corrected chi connectivity index (χ3v) is 7.04. The Balaban J connectivity index is 1.63. The SMILES string of the molecule is CCC1(CC)C[C@@H](C(=O)NCc2ccc(C(=N)N)cc2)n2c1c(Cl)nc(NC1CC1)c2=O. The van der Waals surface area contributed by atoms with Crippen LogP contribution in [0, 0.1) is 5.41 Å². The third kappa shape index (κ3) is 3.99. The highest BCUT2D eigenvalue weighted by molar-refractivity contribution is 6.30. The second kappa shape index (κ2) is 8.58. The van der Waals surface area contributed by atoms with Gasteiger partial charge in [-0.2, -0.15) is 0 Å². The van der Waals surface area contributed by atoms with E-state index in [1.54, 1.807) is 16.7 Å². The Kier molecular flexibility index (Phi) is 5.99. The molecule has 4 rings (SSSR count). The van der Waals surface area contributed by atoms with E-state index in [0.717, 1.165) is 31.2 Å². The molecule has 1 aliphatic heterocycles. The summed E-state index contributed by atoms with van der Waals surface area (Å²) in [5, 5.41) is 13.9. The predicted octanol–water partition coefficient (Wildman–Crippen LogP) is 3.07. The number of nitrogens with zero attached hydrogens (tertiary/aromatic N) is 2. The fourth-order valence-corrected chi connectivity index (χ4v) is 4.93. The largest absolute Gasteiger partial charge is 0.384 e. The summed E-state index contributed by atoms with van der Waals surface area (Å²) in [6.45, 7) is 4.43. The van der Waals surface area contributed by atoms with Crippen molar-refractivity contribution in [2.75, 3.05) is 5.32 Å². The highest BCUT2D eigenvalue weighted by Gasteiger charge is 2.47. The summed E-state index contributed by atoms with van der Waals surface area (Å²) < 4.78 is 1.57. The van der Waals surface area contributed by atoms with Crippen LogP contribution >= 0.6 is 11.6 Å². The van der Waals surface area contributed by atoms with Gasteiger partial charge in [0.25, 0.3) is 5.56 Å². The van der Waals surface area contributed by atoms with Gasteiger partial charge in [-0.3, -0.25) is 19.6 Å². The number of anilines is 1. The fraction of sp³-hybridized carbons (Fsp3) is 0.478. The maximum atomic E-state index is 13.4. The number of benzene rings is 1. The second-order valence-corrected chi connectivity index (χ2v) is 9.09. The lowest BCUT2D eigenvalue weighted by Crippen LogP contribution is -2.36. The van der Waals surface area contributed by atoms with Crippen LogP contribution < -0.4 is 21.9 Å². The first-order valence-corrected chi connectivity index (χ1v) is 11.5. The first-order chi connectivity index (χ1) is 15.3. The zero-order valence-corrected chi connectivity index (χ0v) is 19.1. The molecule has 1 atom stereocenters. The summed E-state index contributed by atoms with van der Waals surface area (Å²) in [7, 11) is 0. The van der Waals surface area contributed by atoms with Gasteiger partial charge in [0.05, 0.1) is 5.69 Å². The van der Waals surface area contributed by atoms with E-state index in [-0.39, 0.29) is 34.6 Å². The summed E-state index contributed by atoms with van der Waals surface area (Å²) in [5.74, 6) is 0.00776. The number of nitrogen functional groups attached to an aromatic ring is 1. The van der Waals surface area contributed by atoms with Gasteiger partial charge in [-0.15, -0.1) is 0 Å². The third-order valence-electron chi connectivity index (χ3n) is 6.77. The topological polar surface area (TPSA) is 126 Å². The van der Waals surface area contributed by atoms with E-state index in [0.29, 0.717) is 29.4 Å². The molecule has 5 N–H and O–H groups in total. The summed E-state index contributed by atoms with van der Waals surface area (Å²) in [6.07, 6.45) is 4.03. The number of aromatic nitrogens is 2. The van der Waals surface area contributed by atoms with E-state index in [1.807, 2.05) is 12.1 Å². The van der Waals surface area contributed by atoms with Crippen molar-refractivity contribution in [3.63, 3.8) is 0 Å². The van der Waals surface area contributed by atoms with E-state index >= 15 is 0 Å². The first kappa shape index (κ1) is 22.3. The highest BCUT2D eigenvalue weighted by Crippen LogP contribution is 2.47. The molecule has 0 saturated heterocycles. The molecule has 170 valence electrons. The van der Waals surface area contributed by atoms with Crippen molar-refractivity contribution in [2.24, 2.45) is 5.73 Å². The van der Waals surface area contributed by atoms with Crippen molar-refractivity contribution in [1.29, 1.82) is 5.41 Å². The number of carbonyl (C=O) groups excluding carboxylic acids is 1. The Labute approximate surface area is 192 Å². The average Bonchev–Trinajstić information content (AvgIpc) is 3.53. The number of halogens is 1. The van der Waals surface area contributed by atoms with Gasteiger partial charge in [-0.25, -0.2) is 4.98 Å². The van der Waals surface area contributed by atoms with Gasteiger partial charge in [-0.05, 0) is 37.7 Å². The molecule has 1 saturated carbocycles. The Hall–Kier alpha value is -2.87. The smallest absolute Gasteiger partial charge is 0.294 e. The number of fused-ring (bicyclic) bond motifs is 1. The number of amides is 1. The number of rotatable bonds is 8. The molecule has 2 heterocycles. The highest BCUT2D eigenvalue weighted by atomic mass is 35.5. The van der Waals surface area contributed by atoms with Crippen LogP contribution in [0.5, 0.6) is 0 Å². The molecule has 2 aliphatic rings. The zero-order valence-electron chi connectivity index (χ0n) is 18.4. The van der Waals surface area contributed by atoms with Crippen molar-refractivity contribution in [1.82, 2.24) is 14.9 Å². The lowest BCUT2D eigenvalue weighted by Gasteiger charge is -2.26. The van der Waals surface area contributed by atoms with Crippen LogP contribution in [0.3, 0.4) is 0 Å². The van der Waals surface area contributed by atoms with Crippen LogP contribution in [0.25, 0.3) is 0 Å². The van der Waals surface area contributed by atoms with E-state index in [2.05, 4.69) is 29.5 Å². The van der Waals surface area contributed by atoms with Crippen molar-refractivity contribution < 1.29 is 4.79 Å². The predicted molar refractivity (Wildman–Crippen MR) is 125 cm³/mol. The zero-order chi connectivity index (χ0) is 23.0. The van der Waals surface area contributed by atoms with Crippen LogP contribution in [-0.4, -0.2) is 27.3 Å². The lowest BCUT2D eigenvalue weighted by atomic mass is 9.77. The number of carbonyl (C=O) groups is 1. The molecule has 1 aromatic carbocycles. The molecule has 8 nitrogen and oxygen atoms in total. The maximum Gasteiger partial charge on any atom is 0.294 e. The summed E-state index contributed by atoms with van der Waals surface area (Å²) in [5.41, 5.74) is 7.03. The Morgan fingerprint density at radius 1 is 1.28 bits per heavy atom. The van der Waals surface area contributed by atoms with Gasteiger partial charge in [0.1, 0.15) is 11.9 Å². The molecular formula is C23H29ClN6O2. The molecule has 32 heavy (non-hydrogen) atoms. The molecule has 2 aromatic rings. The normalized spacial score (nSPS) is 18.8. The molecule has 0 unspecified atom stereocenters. The number of hydrogen-bond donors (Lipinski definition) is 4. The second-order valence-electron chi connectivity index (χ2n) is 8.73. The number of amidine groups is 1. The van der Waals surface area contributed by atoms with Gasteiger partial charge in [-0.1, -0.05) is 49.7 Å². The van der Waals surface area contributed by atoms with E-state index < -0.39 is 6.04 Å². The molecule has 0 radical (unpaired) electrons. The van der Waals surface area contributed by atoms with Crippen molar-refractivity contribution in [2.45, 2.75) is 70.0 Å². The minimum absolute atomic E-state index is 0.000839. The van der Waals surface area contributed by atoms with Crippen LogP contribution in [0.2, 0.25) is 5.15 Å². The first-order valence-electron chi connectivity index (χ1n) is 11.1. The van der Waals surface area contributed by atoms with Gasteiger partial charge < -0.3 is 16.4 Å². The molecule has 1 fully saturated rings. The fourth-order valence-electron chi connectivity index (χ4n) is 4.55. The van der Waals surface area contributed by atoms with Gasteiger partial charge in [0.2, 0.25) is 5.91 Å². The number of hydrogen-bond acceptors (Lipinski definition) is 5. The molecule has 1 aromatic heterocycles. The molecule has 0 spiro atoms.